The highest BCUT2D eigenvalue weighted by Gasteiger charge is 2.15. The first-order valence-electron chi connectivity index (χ1n) is 12.3. The van der Waals surface area contributed by atoms with Crippen LogP contribution in [-0.4, -0.2) is 4.57 Å². The molecule has 0 aliphatic carbocycles. The quantitative estimate of drug-likeness (QED) is 0.277. The van der Waals surface area contributed by atoms with E-state index in [-0.39, 0.29) is 0 Å². The van der Waals surface area contributed by atoms with E-state index in [4.69, 9.17) is 0 Å². The van der Waals surface area contributed by atoms with E-state index >= 15 is 0 Å². The third kappa shape index (κ3) is 3.43. The normalized spacial score (nSPS) is 11.3. The van der Waals surface area contributed by atoms with Crippen molar-refractivity contribution in [3.05, 3.63) is 140 Å². The highest BCUT2D eigenvalue weighted by atomic mass is 15.0. The fraction of sp³-hybridized carbons (Fsp3) is 0. The summed E-state index contributed by atoms with van der Waals surface area (Å²) < 4.78 is 2.36. The molecule has 1 heterocycles. The van der Waals surface area contributed by atoms with E-state index in [2.05, 4.69) is 143 Å². The smallest absolute Gasteiger partial charge is 0.0542 e. The van der Waals surface area contributed by atoms with Crippen LogP contribution >= 0.6 is 0 Å². The van der Waals surface area contributed by atoms with Crippen molar-refractivity contribution in [1.82, 2.24) is 4.57 Å². The Hall–Kier alpha value is -4.82. The molecule has 1 N–H and O–H groups in total. The van der Waals surface area contributed by atoms with Gasteiger partial charge in [0.1, 0.15) is 0 Å². The predicted octanol–water partition coefficient (Wildman–Crippen LogP) is 9.35. The molecule has 7 rings (SSSR count). The van der Waals surface area contributed by atoms with Gasteiger partial charge in [0.05, 0.1) is 11.0 Å². The van der Waals surface area contributed by atoms with Crippen LogP contribution < -0.4 is 5.32 Å². The molecule has 1 aromatic heterocycles. The van der Waals surface area contributed by atoms with Crippen LogP contribution in [0.3, 0.4) is 0 Å². The zero-order valence-electron chi connectivity index (χ0n) is 19.7. The van der Waals surface area contributed by atoms with Gasteiger partial charge in [-0.25, -0.2) is 0 Å². The van der Waals surface area contributed by atoms with Crippen molar-refractivity contribution in [3.63, 3.8) is 0 Å². The molecule has 2 heteroatoms. The molecular weight excluding hydrogens is 436 g/mol. The van der Waals surface area contributed by atoms with Crippen LogP contribution in [0.15, 0.2) is 140 Å². The van der Waals surface area contributed by atoms with Crippen molar-refractivity contribution in [2.24, 2.45) is 0 Å². The standard InChI is InChI=1S/C34H24N2/c1-3-12-26(13-4-1)35-27-19-21-34-32(23-27)31-22-25(30-17-9-11-24-10-7-8-16-29(24)30)18-20-33(31)36(34)28-14-5-2-6-15-28/h1-23,35H. The summed E-state index contributed by atoms with van der Waals surface area (Å²) in [5.41, 5.74) is 8.22. The zero-order chi connectivity index (χ0) is 23.9. The molecule has 0 unspecified atom stereocenters. The van der Waals surface area contributed by atoms with Gasteiger partial charge in [0.15, 0.2) is 0 Å². The minimum atomic E-state index is 1.08. The summed E-state index contributed by atoms with van der Waals surface area (Å²) in [6.45, 7) is 0. The van der Waals surface area contributed by atoms with Crippen molar-refractivity contribution >= 4 is 44.0 Å². The third-order valence-electron chi connectivity index (χ3n) is 6.94. The lowest BCUT2D eigenvalue weighted by molar-refractivity contribution is 1.18. The number of fused-ring (bicyclic) bond motifs is 4. The number of benzene rings is 6. The van der Waals surface area contributed by atoms with Gasteiger partial charge in [-0.2, -0.15) is 0 Å². The van der Waals surface area contributed by atoms with Gasteiger partial charge in [-0.3, -0.25) is 0 Å². The van der Waals surface area contributed by atoms with Crippen LogP contribution in [-0.2, 0) is 0 Å². The van der Waals surface area contributed by atoms with Gasteiger partial charge in [-0.15, -0.1) is 0 Å². The summed E-state index contributed by atoms with van der Waals surface area (Å²) in [6, 6.07) is 49.7. The third-order valence-corrected chi connectivity index (χ3v) is 6.94. The largest absolute Gasteiger partial charge is 0.356 e. The molecule has 0 aliphatic heterocycles. The topological polar surface area (TPSA) is 17.0 Å². The van der Waals surface area contributed by atoms with Crippen LogP contribution in [0.1, 0.15) is 0 Å². The first kappa shape index (κ1) is 20.5. The zero-order valence-corrected chi connectivity index (χ0v) is 19.7. The first-order valence-corrected chi connectivity index (χ1v) is 12.3. The maximum atomic E-state index is 3.57. The number of hydrogen-bond donors (Lipinski definition) is 1. The summed E-state index contributed by atoms with van der Waals surface area (Å²) in [7, 11) is 0. The highest BCUT2D eigenvalue weighted by molar-refractivity contribution is 6.12. The molecule has 6 aromatic carbocycles. The summed E-state index contributed by atoms with van der Waals surface area (Å²) in [5, 5.41) is 8.59. The van der Waals surface area contributed by atoms with Crippen molar-refractivity contribution in [1.29, 1.82) is 0 Å². The molecular formula is C34H24N2. The Morgan fingerprint density at radius 1 is 0.444 bits per heavy atom. The number of nitrogens with zero attached hydrogens (tertiary/aromatic N) is 1. The van der Waals surface area contributed by atoms with Gasteiger partial charge in [-0.1, -0.05) is 84.9 Å². The van der Waals surface area contributed by atoms with Gasteiger partial charge in [0.25, 0.3) is 0 Å². The Bertz CT molecular complexity index is 1840. The number of aromatic nitrogens is 1. The highest BCUT2D eigenvalue weighted by Crippen LogP contribution is 2.38. The molecule has 7 aromatic rings. The molecule has 0 bridgehead atoms. The summed E-state index contributed by atoms with van der Waals surface area (Å²) in [6.07, 6.45) is 0. The van der Waals surface area contributed by atoms with Crippen molar-refractivity contribution < 1.29 is 0 Å². The minimum Gasteiger partial charge on any atom is -0.356 e. The Labute approximate surface area is 210 Å². The number of para-hydroxylation sites is 2. The van der Waals surface area contributed by atoms with Crippen LogP contribution in [0.4, 0.5) is 11.4 Å². The van der Waals surface area contributed by atoms with Crippen molar-refractivity contribution in [2.45, 2.75) is 0 Å². The summed E-state index contributed by atoms with van der Waals surface area (Å²) in [4.78, 5) is 0. The second-order valence-electron chi connectivity index (χ2n) is 9.15. The molecule has 0 atom stereocenters. The second kappa shape index (κ2) is 8.44. The lowest BCUT2D eigenvalue weighted by atomic mass is 9.97. The molecule has 0 spiro atoms. The van der Waals surface area contributed by atoms with E-state index in [1.807, 2.05) is 6.07 Å². The van der Waals surface area contributed by atoms with E-state index in [0.717, 1.165) is 11.4 Å². The van der Waals surface area contributed by atoms with E-state index in [0.29, 0.717) is 0 Å². The van der Waals surface area contributed by atoms with E-state index in [1.54, 1.807) is 0 Å². The van der Waals surface area contributed by atoms with Gasteiger partial charge < -0.3 is 9.88 Å². The molecule has 0 saturated heterocycles. The first-order chi connectivity index (χ1) is 17.8. The minimum absolute atomic E-state index is 1.08. The van der Waals surface area contributed by atoms with Crippen LogP contribution in [0.25, 0.3) is 49.4 Å². The molecule has 170 valence electrons. The fourth-order valence-electron chi connectivity index (χ4n) is 5.29. The van der Waals surface area contributed by atoms with Gasteiger partial charge >= 0.3 is 0 Å². The lowest BCUT2D eigenvalue weighted by Crippen LogP contribution is -1.93. The second-order valence-corrected chi connectivity index (χ2v) is 9.15. The number of anilines is 2. The Kier molecular flexibility index (Phi) is 4.82. The number of hydrogen-bond acceptors (Lipinski definition) is 1. The van der Waals surface area contributed by atoms with Crippen LogP contribution in [0.5, 0.6) is 0 Å². The molecule has 0 amide bonds. The molecule has 0 aliphatic rings. The van der Waals surface area contributed by atoms with E-state index in [1.165, 1.54) is 49.4 Å². The van der Waals surface area contributed by atoms with Crippen LogP contribution in [0.2, 0.25) is 0 Å². The van der Waals surface area contributed by atoms with Crippen molar-refractivity contribution in [2.75, 3.05) is 5.32 Å². The average molecular weight is 461 g/mol. The monoisotopic (exact) mass is 460 g/mol. The Morgan fingerprint density at radius 3 is 1.94 bits per heavy atom. The van der Waals surface area contributed by atoms with Crippen molar-refractivity contribution in [3.8, 4) is 16.8 Å². The van der Waals surface area contributed by atoms with Gasteiger partial charge in [-0.05, 0) is 76.5 Å². The SMILES string of the molecule is c1ccc(Nc2ccc3c(c2)c2cc(-c4cccc5ccccc45)ccc2n3-c2ccccc2)cc1. The number of rotatable bonds is 4. The summed E-state index contributed by atoms with van der Waals surface area (Å²) in [5.74, 6) is 0. The predicted molar refractivity (Wildman–Crippen MR) is 153 cm³/mol. The van der Waals surface area contributed by atoms with Gasteiger partial charge in [0, 0.05) is 27.8 Å². The molecule has 0 saturated carbocycles. The molecule has 0 radical (unpaired) electrons. The molecule has 36 heavy (non-hydrogen) atoms. The number of nitrogens with one attached hydrogen (secondary N) is 1. The fourth-order valence-corrected chi connectivity index (χ4v) is 5.29. The maximum Gasteiger partial charge on any atom is 0.0542 e. The molecule has 0 fully saturated rings. The Morgan fingerprint density at radius 2 is 1.11 bits per heavy atom. The van der Waals surface area contributed by atoms with Crippen LogP contribution in [0, 0.1) is 0 Å². The maximum absolute atomic E-state index is 3.57. The average Bonchev–Trinajstić information content (AvgIpc) is 3.27. The van der Waals surface area contributed by atoms with Gasteiger partial charge in [0.2, 0.25) is 0 Å². The van der Waals surface area contributed by atoms with E-state index in [9.17, 15) is 0 Å². The Balaban J connectivity index is 1.48. The summed E-state index contributed by atoms with van der Waals surface area (Å²) >= 11 is 0. The lowest BCUT2D eigenvalue weighted by Gasteiger charge is -2.09. The van der Waals surface area contributed by atoms with E-state index < -0.39 is 0 Å². The molecule has 2 nitrogen and oxygen atoms in total.